The first-order valence-electron chi connectivity index (χ1n) is 11.0. The quantitative estimate of drug-likeness (QED) is 0.457. The Bertz CT molecular complexity index is 1050. The number of para-hydroxylation sites is 2. The van der Waals surface area contributed by atoms with Crippen molar-refractivity contribution >= 4 is 40.6 Å². The van der Waals surface area contributed by atoms with E-state index in [1.165, 1.54) is 0 Å². The van der Waals surface area contributed by atoms with Crippen molar-refractivity contribution in [2.75, 3.05) is 10.2 Å². The molecule has 6 nitrogen and oxygen atoms in total. The highest BCUT2D eigenvalue weighted by Gasteiger charge is 2.47. The Labute approximate surface area is 192 Å². The number of hydrogen-bond donors (Lipinski definition) is 2. The molecule has 32 heavy (non-hydrogen) atoms. The van der Waals surface area contributed by atoms with Crippen LogP contribution in [-0.2, 0) is 4.79 Å². The fraction of sp³-hybridized carbons (Fsp3) is 0.320. The predicted octanol–water partition coefficient (Wildman–Crippen LogP) is 5.90. The Morgan fingerprint density at radius 2 is 1.47 bits per heavy atom. The van der Waals surface area contributed by atoms with E-state index in [1.807, 2.05) is 71.6 Å². The van der Waals surface area contributed by atoms with E-state index in [9.17, 15) is 9.90 Å². The average Bonchev–Trinajstić information content (AvgIpc) is 2.81. The highest BCUT2D eigenvalue weighted by molar-refractivity contribution is 6.28. The van der Waals surface area contributed by atoms with E-state index in [4.69, 9.17) is 11.6 Å². The van der Waals surface area contributed by atoms with Gasteiger partial charge < -0.3 is 10.4 Å². The SMILES string of the molecule is O=C(O)C1C2CCC(CC2)C1Nc1cc(N(c2ccccc2)c2ccccc2)nc(Cl)n1. The predicted molar refractivity (Wildman–Crippen MR) is 126 cm³/mol. The third kappa shape index (κ3) is 4.02. The first-order chi connectivity index (χ1) is 15.6. The van der Waals surface area contributed by atoms with Crippen LogP contribution < -0.4 is 10.2 Å². The smallest absolute Gasteiger partial charge is 0.308 e. The fourth-order valence-electron chi connectivity index (χ4n) is 5.35. The summed E-state index contributed by atoms with van der Waals surface area (Å²) in [5, 5.41) is 13.5. The van der Waals surface area contributed by atoms with Gasteiger partial charge in [-0.05, 0) is 73.4 Å². The van der Waals surface area contributed by atoms with E-state index < -0.39 is 11.9 Å². The second-order valence-electron chi connectivity index (χ2n) is 8.60. The molecule has 0 spiro atoms. The van der Waals surface area contributed by atoms with Crippen LogP contribution in [-0.4, -0.2) is 27.1 Å². The highest BCUT2D eigenvalue weighted by atomic mass is 35.5. The third-order valence-corrected chi connectivity index (χ3v) is 6.93. The van der Waals surface area contributed by atoms with Crippen molar-refractivity contribution < 1.29 is 9.90 Å². The molecule has 2 bridgehead atoms. The van der Waals surface area contributed by atoms with Crippen LogP contribution in [0.5, 0.6) is 0 Å². The summed E-state index contributed by atoms with van der Waals surface area (Å²) < 4.78 is 0. The number of nitrogens with one attached hydrogen (secondary N) is 1. The van der Waals surface area contributed by atoms with Gasteiger partial charge in [0.15, 0.2) is 0 Å². The van der Waals surface area contributed by atoms with Crippen LogP contribution in [0.3, 0.4) is 0 Å². The molecule has 6 rings (SSSR count). The minimum absolute atomic E-state index is 0.120. The van der Waals surface area contributed by atoms with Gasteiger partial charge in [-0.25, -0.2) is 4.98 Å². The molecule has 0 amide bonds. The fourth-order valence-corrected chi connectivity index (χ4v) is 5.52. The second kappa shape index (κ2) is 8.79. The van der Waals surface area contributed by atoms with E-state index in [0.29, 0.717) is 17.6 Å². The van der Waals surface area contributed by atoms with Crippen LogP contribution in [0, 0.1) is 17.8 Å². The van der Waals surface area contributed by atoms with Gasteiger partial charge in [0.2, 0.25) is 5.28 Å². The van der Waals surface area contributed by atoms with Crippen LogP contribution in [0.15, 0.2) is 66.7 Å². The summed E-state index contributed by atoms with van der Waals surface area (Å²) in [7, 11) is 0. The van der Waals surface area contributed by atoms with Crippen molar-refractivity contribution in [1.29, 1.82) is 0 Å². The molecule has 7 heteroatoms. The normalized spacial score (nSPS) is 24.2. The second-order valence-corrected chi connectivity index (χ2v) is 8.93. The minimum Gasteiger partial charge on any atom is -0.481 e. The van der Waals surface area contributed by atoms with Gasteiger partial charge in [-0.2, -0.15) is 4.98 Å². The number of nitrogens with zero attached hydrogens (tertiary/aromatic N) is 3. The van der Waals surface area contributed by atoms with Gasteiger partial charge in [0.1, 0.15) is 11.6 Å². The topological polar surface area (TPSA) is 78.4 Å². The summed E-state index contributed by atoms with van der Waals surface area (Å²) in [6, 6.07) is 21.6. The number of fused-ring (bicyclic) bond motifs is 3. The van der Waals surface area contributed by atoms with Crippen molar-refractivity contribution in [1.82, 2.24) is 9.97 Å². The first kappa shape index (κ1) is 20.8. The largest absolute Gasteiger partial charge is 0.481 e. The first-order valence-corrected chi connectivity index (χ1v) is 11.4. The van der Waals surface area contributed by atoms with Gasteiger partial charge in [0.25, 0.3) is 0 Å². The Hall–Kier alpha value is -3.12. The lowest BCUT2D eigenvalue weighted by molar-refractivity contribution is -0.148. The van der Waals surface area contributed by atoms with E-state index >= 15 is 0 Å². The van der Waals surface area contributed by atoms with E-state index in [-0.39, 0.29) is 17.2 Å². The van der Waals surface area contributed by atoms with Crippen LogP contribution in [0.1, 0.15) is 25.7 Å². The maximum absolute atomic E-state index is 12.0. The number of carboxylic acids is 1. The molecule has 2 aromatic carbocycles. The molecule has 3 fully saturated rings. The molecule has 0 radical (unpaired) electrons. The lowest BCUT2D eigenvalue weighted by atomic mass is 9.61. The molecule has 0 aliphatic heterocycles. The van der Waals surface area contributed by atoms with Crippen LogP contribution >= 0.6 is 11.6 Å². The number of carboxylic acid groups (broad SMARTS) is 1. The maximum Gasteiger partial charge on any atom is 0.308 e. The average molecular weight is 449 g/mol. The van der Waals surface area contributed by atoms with Crippen molar-refractivity contribution in [2.45, 2.75) is 31.7 Å². The molecule has 2 atom stereocenters. The highest BCUT2D eigenvalue weighted by Crippen LogP contribution is 2.46. The molecule has 1 aromatic heterocycles. The molecule has 3 aliphatic rings. The zero-order valence-electron chi connectivity index (χ0n) is 17.6. The number of carbonyl (C=O) groups is 1. The molecule has 0 saturated heterocycles. The number of rotatable bonds is 6. The number of aliphatic carboxylic acids is 1. The van der Waals surface area contributed by atoms with Gasteiger partial charge >= 0.3 is 5.97 Å². The van der Waals surface area contributed by atoms with E-state index in [0.717, 1.165) is 37.1 Å². The Balaban J connectivity index is 1.52. The van der Waals surface area contributed by atoms with Gasteiger partial charge in [-0.1, -0.05) is 36.4 Å². The number of anilines is 4. The molecule has 3 aliphatic carbocycles. The minimum atomic E-state index is -0.729. The monoisotopic (exact) mass is 448 g/mol. The number of halogens is 1. The summed E-state index contributed by atoms with van der Waals surface area (Å²) in [6.07, 6.45) is 4.09. The Kier molecular flexibility index (Phi) is 5.70. The van der Waals surface area contributed by atoms with Gasteiger partial charge in [-0.15, -0.1) is 0 Å². The van der Waals surface area contributed by atoms with Crippen molar-refractivity contribution in [3.63, 3.8) is 0 Å². The molecule has 164 valence electrons. The van der Waals surface area contributed by atoms with Crippen LogP contribution in [0.4, 0.5) is 23.0 Å². The molecular weight excluding hydrogens is 424 g/mol. The zero-order valence-corrected chi connectivity index (χ0v) is 18.3. The maximum atomic E-state index is 12.0. The zero-order chi connectivity index (χ0) is 22.1. The summed E-state index contributed by atoms with van der Waals surface area (Å²) in [4.78, 5) is 23.0. The lowest BCUT2D eigenvalue weighted by Gasteiger charge is -2.47. The van der Waals surface area contributed by atoms with Crippen LogP contribution in [0.2, 0.25) is 5.28 Å². The summed E-state index contributed by atoms with van der Waals surface area (Å²) in [5.41, 5.74) is 1.89. The molecule has 1 heterocycles. The van der Waals surface area contributed by atoms with E-state index in [1.54, 1.807) is 0 Å². The van der Waals surface area contributed by atoms with Gasteiger partial charge in [0, 0.05) is 23.5 Å². The Morgan fingerprint density at radius 3 is 2.03 bits per heavy atom. The number of benzene rings is 2. The summed E-state index contributed by atoms with van der Waals surface area (Å²) >= 11 is 6.36. The Morgan fingerprint density at radius 1 is 0.906 bits per heavy atom. The van der Waals surface area contributed by atoms with Gasteiger partial charge in [0.05, 0.1) is 5.92 Å². The molecule has 3 saturated carbocycles. The van der Waals surface area contributed by atoms with Crippen molar-refractivity contribution in [3.05, 3.63) is 72.0 Å². The van der Waals surface area contributed by atoms with Gasteiger partial charge in [-0.3, -0.25) is 9.69 Å². The van der Waals surface area contributed by atoms with Crippen molar-refractivity contribution in [3.8, 4) is 0 Å². The third-order valence-electron chi connectivity index (χ3n) is 6.76. The molecular formula is C25H25ClN4O2. The summed E-state index contributed by atoms with van der Waals surface area (Å²) in [5.74, 6) is 0.597. The number of hydrogen-bond acceptors (Lipinski definition) is 5. The summed E-state index contributed by atoms with van der Waals surface area (Å²) in [6.45, 7) is 0. The molecule has 2 N–H and O–H groups in total. The lowest BCUT2D eigenvalue weighted by Crippen LogP contribution is -2.51. The molecule has 3 aromatic rings. The molecule has 2 unspecified atom stereocenters. The standard InChI is InChI=1S/C25H25ClN4O2/c26-25-28-20(27-23-17-13-11-16(12-14-17)22(23)24(31)32)15-21(29-25)30(18-7-3-1-4-8-18)19-9-5-2-6-10-19/h1-10,15-17,22-23H,11-14H2,(H,31,32)(H,27,28,29). The van der Waals surface area contributed by atoms with Crippen molar-refractivity contribution in [2.24, 2.45) is 17.8 Å². The van der Waals surface area contributed by atoms with Crippen LogP contribution in [0.25, 0.3) is 0 Å². The number of aromatic nitrogens is 2. The van der Waals surface area contributed by atoms with E-state index in [2.05, 4.69) is 15.3 Å².